The molecule has 5 nitrogen and oxygen atoms in total. The van der Waals surface area contributed by atoms with E-state index in [0.717, 1.165) is 19.3 Å². The van der Waals surface area contributed by atoms with E-state index >= 15 is 0 Å². The zero-order chi connectivity index (χ0) is 16.6. The van der Waals surface area contributed by atoms with Gasteiger partial charge in [-0.15, -0.1) is 10.2 Å². The number of tetrazole rings is 1. The second-order valence-electron chi connectivity index (χ2n) is 6.64. The van der Waals surface area contributed by atoms with Crippen molar-refractivity contribution in [2.24, 2.45) is 5.73 Å². The first kappa shape index (κ1) is 15.0. The predicted octanol–water partition coefficient (Wildman–Crippen LogP) is 2.37. The maximum atomic E-state index is 6.29. The maximum Gasteiger partial charge on any atom is 0.189 e. The first-order chi connectivity index (χ1) is 11.7. The summed E-state index contributed by atoms with van der Waals surface area (Å²) in [5, 5.41) is 15.3. The van der Waals surface area contributed by atoms with Crippen molar-refractivity contribution in [3.05, 3.63) is 76.6 Å². The molecule has 0 radical (unpaired) electrons. The topological polar surface area (TPSA) is 80.5 Å². The van der Waals surface area contributed by atoms with Gasteiger partial charge in [0.2, 0.25) is 0 Å². The number of hydrogen-bond acceptors (Lipinski definition) is 4. The molecule has 122 valence electrons. The minimum Gasteiger partial charge on any atom is -0.328 e. The molecule has 1 aliphatic carbocycles. The molecule has 5 heteroatoms. The lowest BCUT2D eigenvalue weighted by Crippen LogP contribution is -2.38. The first-order valence-corrected chi connectivity index (χ1v) is 8.38. The van der Waals surface area contributed by atoms with Gasteiger partial charge in [-0.05, 0) is 48.4 Å². The first-order valence-electron chi connectivity index (χ1n) is 8.38. The van der Waals surface area contributed by atoms with Gasteiger partial charge >= 0.3 is 0 Å². The van der Waals surface area contributed by atoms with Crippen LogP contribution in [0.25, 0.3) is 0 Å². The Morgan fingerprint density at radius 2 is 1.62 bits per heavy atom. The summed E-state index contributed by atoms with van der Waals surface area (Å²) < 4.78 is 0. The number of aromatic amines is 1. The summed E-state index contributed by atoms with van der Waals surface area (Å²) in [7, 11) is 0. The number of nitrogens with one attached hydrogen (secondary N) is 1. The van der Waals surface area contributed by atoms with Crippen molar-refractivity contribution in [1.29, 1.82) is 0 Å². The van der Waals surface area contributed by atoms with E-state index in [4.69, 9.17) is 5.73 Å². The Morgan fingerprint density at radius 1 is 1.04 bits per heavy atom. The molecule has 0 unspecified atom stereocenters. The van der Waals surface area contributed by atoms with E-state index in [-0.39, 0.29) is 6.04 Å². The number of aromatic nitrogens is 4. The molecule has 0 fully saturated rings. The van der Waals surface area contributed by atoms with Crippen LogP contribution in [-0.2, 0) is 18.3 Å². The number of benzene rings is 2. The van der Waals surface area contributed by atoms with Gasteiger partial charge in [-0.2, -0.15) is 5.21 Å². The summed E-state index contributed by atoms with van der Waals surface area (Å²) in [6.07, 6.45) is 2.75. The highest BCUT2D eigenvalue weighted by atomic mass is 15.5. The van der Waals surface area contributed by atoms with Crippen molar-refractivity contribution < 1.29 is 0 Å². The molecule has 1 atom stereocenters. The van der Waals surface area contributed by atoms with Gasteiger partial charge in [0.1, 0.15) is 0 Å². The van der Waals surface area contributed by atoms with E-state index in [1.807, 2.05) is 6.92 Å². The number of fused-ring (bicyclic) bond motifs is 2. The molecule has 3 N–H and O–H groups in total. The van der Waals surface area contributed by atoms with Crippen LogP contribution in [0.2, 0.25) is 0 Å². The molecule has 3 aromatic rings. The number of hydrogen-bond donors (Lipinski definition) is 2. The summed E-state index contributed by atoms with van der Waals surface area (Å²) in [5.41, 5.74) is 11.0. The molecule has 0 amide bonds. The zero-order valence-corrected chi connectivity index (χ0v) is 13.7. The van der Waals surface area contributed by atoms with Gasteiger partial charge in [-0.1, -0.05) is 53.7 Å². The summed E-state index contributed by atoms with van der Waals surface area (Å²) in [5.74, 6) is 0.696. The Balaban J connectivity index is 2.10. The lowest BCUT2D eigenvalue weighted by Gasteiger charge is -2.35. The van der Waals surface area contributed by atoms with Crippen LogP contribution in [0.5, 0.6) is 0 Å². The molecule has 24 heavy (non-hydrogen) atoms. The standard InChI is InChI=1S/C19H21N5/c1-13(20)12-19(18-21-23-24-22-18)16-8-4-2-6-14(16)10-11-15-7-3-5-9-17(15)19/h2-9,13H,10-12,20H2,1H3,(H,21,22,23,24)/t13-/m0/s1. The third-order valence-electron chi connectivity index (χ3n) is 4.97. The SMILES string of the molecule is C[C@H](N)CC1(c2nn[nH]n2)c2ccccc2CCc2ccccc21. The summed E-state index contributed by atoms with van der Waals surface area (Å²) >= 11 is 0. The quantitative estimate of drug-likeness (QED) is 0.776. The van der Waals surface area contributed by atoms with Crippen LogP contribution in [0, 0.1) is 0 Å². The van der Waals surface area contributed by atoms with Crippen LogP contribution < -0.4 is 5.73 Å². The minimum atomic E-state index is -0.467. The van der Waals surface area contributed by atoms with Crippen LogP contribution >= 0.6 is 0 Å². The van der Waals surface area contributed by atoms with Crippen molar-refractivity contribution in [3.63, 3.8) is 0 Å². The third-order valence-corrected chi connectivity index (χ3v) is 4.97. The Hall–Kier alpha value is -2.53. The van der Waals surface area contributed by atoms with Gasteiger partial charge in [0.25, 0.3) is 0 Å². The molecular formula is C19H21N5. The highest BCUT2D eigenvalue weighted by molar-refractivity contribution is 5.54. The van der Waals surface area contributed by atoms with Gasteiger partial charge in [0.15, 0.2) is 5.82 Å². The smallest absolute Gasteiger partial charge is 0.189 e. The Kier molecular flexibility index (Phi) is 3.65. The fourth-order valence-electron chi connectivity index (χ4n) is 4.10. The van der Waals surface area contributed by atoms with Crippen LogP contribution in [-0.4, -0.2) is 26.7 Å². The minimum absolute atomic E-state index is 0.00251. The van der Waals surface area contributed by atoms with Crippen molar-refractivity contribution in [3.8, 4) is 0 Å². The van der Waals surface area contributed by atoms with Crippen LogP contribution in [0.1, 0.15) is 41.4 Å². The molecule has 1 heterocycles. The van der Waals surface area contributed by atoms with E-state index in [0.29, 0.717) is 5.82 Å². The molecule has 4 rings (SSSR count). The number of H-pyrrole nitrogens is 1. The van der Waals surface area contributed by atoms with Gasteiger partial charge in [0, 0.05) is 6.04 Å². The van der Waals surface area contributed by atoms with E-state index in [1.165, 1.54) is 22.3 Å². The average Bonchev–Trinajstić information content (AvgIpc) is 3.09. The third kappa shape index (κ3) is 2.24. The van der Waals surface area contributed by atoms with E-state index in [9.17, 15) is 0 Å². The van der Waals surface area contributed by atoms with Crippen LogP contribution in [0.3, 0.4) is 0 Å². The van der Waals surface area contributed by atoms with Gasteiger partial charge in [-0.25, -0.2) is 0 Å². The fourth-order valence-corrected chi connectivity index (χ4v) is 4.10. The molecule has 0 spiro atoms. The normalized spacial score (nSPS) is 16.8. The van der Waals surface area contributed by atoms with E-state index in [2.05, 4.69) is 69.2 Å². The summed E-state index contributed by atoms with van der Waals surface area (Å²) in [6.45, 7) is 2.04. The van der Waals surface area contributed by atoms with Crippen molar-refractivity contribution >= 4 is 0 Å². The van der Waals surface area contributed by atoms with E-state index < -0.39 is 5.41 Å². The number of rotatable bonds is 3. The summed E-state index contributed by atoms with van der Waals surface area (Å²) in [4.78, 5) is 0. The predicted molar refractivity (Wildman–Crippen MR) is 92.6 cm³/mol. The molecule has 1 aromatic heterocycles. The lowest BCUT2D eigenvalue weighted by molar-refractivity contribution is 0.475. The summed E-state index contributed by atoms with van der Waals surface area (Å²) in [6, 6.07) is 17.2. The Morgan fingerprint density at radius 3 is 2.12 bits per heavy atom. The van der Waals surface area contributed by atoms with Crippen LogP contribution in [0.15, 0.2) is 48.5 Å². The molecule has 2 aromatic carbocycles. The zero-order valence-electron chi connectivity index (χ0n) is 13.7. The number of aryl methyl sites for hydroxylation is 2. The van der Waals surface area contributed by atoms with Crippen molar-refractivity contribution in [2.75, 3.05) is 0 Å². The lowest BCUT2D eigenvalue weighted by atomic mass is 9.68. The highest BCUT2D eigenvalue weighted by Gasteiger charge is 2.44. The average molecular weight is 319 g/mol. The number of nitrogens with two attached hydrogens (primary N) is 1. The second-order valence-corrected chi connectivity index (χ2v) is 6.64. The fraction of sp³-hybridized carbons (Fsp3) is 0.316. The molecule has 0 aliphatic heterocycles. The van der Waals surface area contributed by atoms with Crippen LogP contribution in [0.4, 0.5) is 0 Å². The van der Waals surface area contributed by atoms with Gasteiger partial charge in [-0.3, -0.25) is 0 Å². The van der Waals surface area contributed by atoms with Crippen molar-refractivity contribution in [1.82, 2.24) is 20.6 Å². The molecule has 0 saturated carbocycles. The monoisotopic (exact) mass is 319 g/mol. The number of nitrogens with zero attached hydrogens (tertiary/aromatic N) is 3. The maximum absolute atomic E-state index is 6.29. The van der Waals surface area contributed by atoms with Crippen molar-refractivity contribution in [2.45, 2.75) is 37.6 Å². The molecule has 0 bridgehead atoms. The van der Waals surface area contributed by atoms with E-state index in [1.54, 1.807) is 0 Å². The van der Waals surface area contributed by atoms with Gasteiger partial charge < -0.3 is 5.73 Å². The highest BCUT2D eigenvalue weighted by Crippen LogP contribution is 2.45. The van der Waals surface area contributed by atoms with Gasteiger partial charge in [0.05, 0.1) is 5.41 Å². The second kappa shape index (κ2) is 5.83. The molecule has 1 aliphatic rings. The Bertz CT molecular complexity index is 791. The largest absolute Gasteiger partial charge is 0.328 e. The Labute approximate surface area is 141 Å². The molecule has 0 saturated heterocycles. The molecular weight excluding hydrogens is 298 g/mol.